The normalized spacial score (nSPS) is 10.3. The van der Waals surface area contributed by atoms with Crippen LogP contribution in [-0.4, -0.2) is 11.6 Å². The van der Waals surface area contributed by atoms with Crippen LogP contribution in [0.4, 0.5) is 11.5 Å². The van der Waals surface area contributed by atoms with Crippen LogP contribution in [-0.2, 0) is 0 Å². The molecule has 0 unspecified atom stereocenters. The molecule has 0 amide bonds. The predicted molar refractivity (Wildman–Crippen MR) is 73.6 cm³/mol. The predicted octanol–water partition coefficient (Wildman–Crippen LogP) is 2.15. The molecular formula is C14H19N4+. The average Bonchev–Trinajstić information content (AvgIpc) is 2.40. The van der Waals surface area contributed by atoms with Crippen LogP contribution in [0.25, 0.3) is 5.69 Å². The number of para-hydroxylation sites is 1. The molecule has 4 nitrogen and oxygen atoms in total. The number of nitrogen functional groups attached to an aromatic ring is 1. The van der Waals surface area contributed by atoms with E-state index in [2.05, 4.69) is 17.3 Å². The van der Waals surface area contributed by atoms with Gasteiger partial charge in [-0.2, -0.15) is 0 Å². The zero-order valence-corrected chi connectivity index (χ0v) is 10.6. The van der Waals surface area contributed by atoms with Crippen LogP contribution in [0, 0.1) is 0 Å². The molecule has 1 aromatic heterocycles. The van der Waals surface area contributed by atoms with Crippen molar-refractivity contribution in [3.05, 3.63) is 42.6 Å². The van der Waals surface area contributed by atoms with Crippen molar-refractivity contribution in [1.82, 2.24) is 5.10 Å². The second kappa shape index (κ2) is 6.00. The lowest BCUT2D eigenvalue weighted by atomic mass is 10.3. The fourth-order valence-corrected chi connectivity index (χ4v) is 1.74. The molecule has 1 heterocycles. The summed E-state index contributed by atoms with van der Waals surface area (Å²) in [4.78, 5) is 0. The molecule has 2 aromatic rings. The number of hydrogen-bond acceptors (Lipinski definition) is 3. The molecule has 4 heteroatoms. The Kier molecular flexibility index (Phi) is 4.12. The smallest absolute Gasteiger partial charge is 0.302 e. The number of aromatic nitrogens is 2. The first-order valence-electron chi connectivity index (χ1n) is 6.28. The molecule has 94 valence electrons. The molecule has 0 aliphatic rings. The summed E-state index contributed by atoms with van der Waals surface area (Å²) in [6.07, 6.45) is 3.95. The molecule has 0 fully saturated rings. The standard InChI is InChI=1S/C14H18N4/c1-2-3-9-16-14-10-12(15)11-17-18(14)13-7-5-4-6-8-13/h4-8,10-11H,2-3,9H2,1H3,(H2,15,16)/p+1. The van der Waals surface area contributed by atoms with Crippen molar-refractivity contribution in [2.75, 3.05) is 17.6 Å². The first-order valence-corrected chi connectivity index (χ1v) is 6.28. The van der Waals surface area contributed by atoms with Gasteiger partial charge in [0.15, 0.2) is 5.69 Å². The molecule has 0 atom stereocenters. The molecule has 1 aromatic carbocycles. The largest absolute Gasteiger partial charge is 0.397 e. The zero-order valence-electron chi connectivity index (χ0n) is 10.6. The van der Waals surface area contributed by atoms with Crippen LogP contribution in [0.2, 0.25) is 0 Å². The van der Waals surface area contributed by atoms with Gasteiger partial charge in [0.05, 0.1) is 24.5 Å². The Labute approximate surface area is 107 Å². The van der Waals surface area contributed by atoms with E-state index in [0.717, 1.165) is 30.9 Å². The van der Waals surface area contributed by atoms with Gasteiger partial charge in [-0.25, -0.2) is 0 Å². The maximum Gasteiger partial charge on any atom is 0.302 e. The van der Waals surface area contributed by atoms with Gasteiger partial charge in [-0.05, 0) is 18.6 Å². The number of unbranched alkanes of at least 4 members (excludes halogenated alkanes) is 1. The van der Waals surface area contributed by atoms with E-state index in [1.165, 1.54) is 0 Å². The minimum absolute atomic E-state index is 0.668. The quantitative estimate of drug-likeness (QED) is 0.625. The Hall–Kier alpha value is -2.10. The second-order valence-electron chi connectivity index (χ2n) is 4.20. The number of rotatable bonds is 5. The number of anilines is 2. The van der Waals surface area contributed by atoms with Crippen LogP contribution in [0.5, 0.6) is 0 Å². The maximum absolute atomic E-state index is 5.79. The van der Waals surface area contributed by atoms with Gasteiger partial charge >= 0.3 is 5.82 Å². The van der Waals surface area contributed by atoms with E-state index in [0.29, 0.717) is 5.69 Å². The third kappa shape index (κ3) is 2.97. The monoisotopic (exact) mass is 243 g/mol. The van der Waals surface area contributed by atoms with Gasteiger partial charge in [-0.15, -0.1) is 0 Å². The third-order valence-corrected chi connectivity index (χ3v) is 2.69. The lowest BCUT2D eigenvalue weighted by Crippen LogP contribution is -2.38. The van der Waals surface area contributed by atoms with E-state index in [1.807, 2.05) is 41.1 Å². The van der Waals surface area contributed by atoms with Crippen LogP contribution in [0.3, 0.4) is 0 Å². The van der Waals surface area contributed by atoms with Gasteiger partial charge in [-0.1, -0.05) is 41.3 Å². The van der Waals surface area contributed by atoms with Gasteiger partial charge in [0.1, 0.15) is 0 Å². The van der Waals surface area contributed by atoms with Gasteiger partial charge in [0.2, 0.25) is 0 Å². The number of benzene rings is 1. The van der Waals surface area contributed by atoms with E-state index in [4.69, 9.17) is 5.73 Å². The van der Waals surface area contributed by atoms with E-state index < -0.39 is 0 Å². The summed E-state index contributed by atoms with van der Waals surface area (Å²) < 4.78 is 1.87. The molecule has 0 radical (unpaired) electrons. The maximum atomic E-state index is 5.79. The summed E-state index contributed by atoms with van der Waals surface area (Å²) in [7, 11) is 0. The molecule has 3 N–H and O–H groups in total. The van der Waals surface area contributed by atoms with E-state index in [-0.39, 0.29) is 0 Å². The van der Waals surface area contributed by atoms with Crippen molar-refractivity contribution < 1.29 is 4.68 Å². The molecule has 18 heavy (non-hydrogen) atoms. The van der Waals surface area contributed by atoms with Crippen molar-refractivity contribution in [3.8, 4) is 5.69 Å². The van der Waals surface area contributed by atoms with Crippen LogP contribution < -0.4 is 15.7 Å². The number of hydrogen-bond donors (Lipinski definition) is 2. The first-order chi connectivity index (χ1) is 8.81. The lowest BCUT2D eigenvalue weighted by molar-refractivity contribution is -0.645. The minimum Gasteiger partial charge on any atom is -0.397 e. The SMILES string of the molecule is CCCCNc1cc(N)cn[n+]1-c1ccccc1. The fraction of sp³-hybridized carbons (Fsp3) is 0.286. The molecule has 2 rings (SSSR count). The average molecular weight is 243 g/mol. The summed E-state index contributed by atoms with van der Waals surface area (Å²) in [6, 6.07) is 11.9. The van der Waals surface area contributed by atoms with Crippen molar-refractivity contribution in [2.24, 2.45) is 0 Å². The van der Waals surface area contributed by atoms with Gasteiger partial charge in [0.25, 0.3) is 0 Å². The Bertz CT molecular complexity index is 496. The second-order valence-corrected chi connectivity index (χ2v) is 4.20. The minimum atomic E-state index is 0.668. The Morgan fingerprint density at radius 1 is 1.28 bits per heavy atom. The van der Waals surface area contributed by atoms with E-state index in [9.17, 15) is 0 Å². The van der Waals surface area contributed by atoms with Crippen LogP contribution >= 0.6 is 0 Å². The van der Waals surface area contributed by atoms with E-state index >= 15 is 0 Å². The summed E-state index contributed by atoms with van der Waals surface area (Å²) >= 11 is 0. The highest BCUT2D eigenvalue weighted by Crippen LogP contribution is 2.08. The highest BCUT2D eigenvalue weighted by molar-refractivity contribution is 5.44. The number of nitrogens with two attached hydrogens (primary N) is 1. The Morgan fingerprint density at radius 2 is 2.06 bits per heavy atom. The van der Waals surface area contributed by atoms with Crippen molar-refractivity contribution in [1.29, 1.82) is 0 Å². The van der Waals surface area contributed by atoms with Crippen LogP contribution in [0.15, 0.2) is 42.6 Å². The van der Waals surface area contributed by atoms with Gasteiger partial charge < -0.3 is 5.73 Å². The van der Waals surface area contributed by atoms with Crippen molar-refractivity contribution in [3.63, 3.8) is 0 Å². The highest BCUT2D eigenvalue weighted by Gasteiger charge is 2.12. The van der Waals surface area contributed by atoms with Crippen molar-refractivity contribution >= 4 is 11.5 Å². The summed E-state index contributed by atoms with van der Waals surface area (Å²) in [6.45, 7) is 3.10. The summed E-state index contributed by atoms with van der Waals surface area (Å²) in [5, 5.41) is 7.73. The molecule has 0 bridgehead atoms. The molecule has 0 spiro atoms. The molecule has 0 aliphatic heterocycles. The summed E-state index contributed by atoms with van der Waals surface area (Å²) in [5.74, 6) is 0.926. The lowest BCUT2D eigenvalue weighted by Gasteiger charge is -2.05. The Morgan fingerprint density at radius 3 is 2.78 bits per heavy atom. The number of nitrogens with zero attached hydrogens (tertiary/aromatic N) is 2. The number of nitrogens with one attached hydrogen (secondary N) is 1. The van der Waals surface area contributed by atoms with Crippen molar-refractivity contribution in [2.45, 2.75) is 19.8 Å². The molecule has 0 saturated heterocycles. The zero-order chi connectivity index (χ0) is 12.8. The van der Waals surface area contributed by atoms with Gasteiger partial charge in [0, 0.05) is 0 Å². The van der Waals surface area contributed by atoms with Crippen LogP contribution in [0.1, 0.15) is 19.8 Å². The Balaban J connectivity index is 2.29. The molecular weight excluding hydrogens is 224 g/mol. The molecule has 0 aliphatic carbocycles. The topological polar surface area (TPSA) is 54.8 Å². The highest BCUT2D eigenvalue weighted by atomic mass is 15.3. The molecule has 0 saturated carbocycles. The fourth-order valence-electron chi connectivity index (χ4n) is 1.74. The third-order valence-electron chi connectivity index (χ3n) is 2.69. The van der Waals surface area contributed by atoms with Gasteiger partial charge in [-0.3, -0.25) is 5.32 Å². The summed E-state index contributed by atoms with van der Waals surface area (Å²) in [5.41, 5.74) is 7.49. The first kappa shape index (κ1) is 12.4. The van der Waals surface area contributed by atoms with E-state index in [1.54, 1.807) is 6.20 Å².